The van der Waals surface area contributed by atoms with Crippen LogP contribution in [0.3, 0.4) is 0 Å². The third-order valence-corrected chi connectivity index (χ3v) is 1.34. The van der Waals surface area contributed by atoms with Crippen LogP contribution in [0.15, 0.2) is 36.4 Å². The highest BCUT2D eigenvalue weighted by molar-refractivity contribution is 5.90. The van der Waals surface area contributed by atoms with Crippen molar-refractivity contribution >= 4 is 12.0 Å². The Labute approximate surface area is 84.0 Å². The Morgan fingerprint density at radius 1 is 1.29 bits per heavy atom. The van der Waals surface area contributed by atoms with Crippen molar-refractivity contribution in [2.75, 3.05) is 0 Å². The lowest BCUT2D eigenvalue weighted by molar-refractivity contribution is -0.124. The normalized spacial score (nSPS) is 9.07. The standard InChI is InChI=1S/C9H9NO2.C2H6/c11-9(10-12)7-6-8-4-2-1-3-5-8;1-2/h1-7,12H,(H,10,11);1-2H3/b7-6+;. The topological polar surface area (TPSA) is 49.3 Å². The summed E-state index contributed by atoms with van der Waals surface area (Å²) in [7, 11) is 0. The van der Waals surface area contributed by atoms with Gasteiger partial charge in [0.15, 0.2) is 0 Å². The molecule has 1 rings (SSSR count). The second-order valence-corrected chi connectivity index (χ2v) is 2.22. The summed E-state index contributed by atoms with van der Waals surface area (Å²) in [6, 6.07) is 9.36. The molecule has 1 amide bonds. The first-order chi connectivity index (χ1) is 6.83. The van der Waals surface area contributed by atoms with Crippen LogP contribution in [0.4, 0.5) is 0 Å². The lowest BCUT2D eigenvalue weighted by Gasteiger charge is -1.90. The van der Waals surface area contributed by atoms with Crippen molar-refractivity contribution < 1.29 is 10.0 Å². The molecule has 76 valence electrons. The van der Waals surface area contributed by atoms with Gasteiger partial charge in [0, 0.05) is 6.08 Å². The van der Waals surface area contributed by atoms with Crippen LogP contribution in [0, 0.1) is 0 Å². The highest BCUT2D eigenvalue weighted by Gasteiger charge is 1.88. The van der Waals surface area contributed by atoms with Crippen molar-refractivity contribution in [3.63, 3.8) is 0 Å². The number of nitrogens with one attached hydrogen (secondary N) is 1. The second kappa shape index (κ2) is 8.01. The monoisotopic (exact) mass is 193 g/mol. The number of hydrogen-bond acceptors (Lipinski definition) is 2. The Kier molecular flexibility index (Phi) is 7.09. The maximum Gasteiger partial charge on any atom is 0.267 e. The lowest BCUT2D eigenvalue weighted by atomic mass is 10.2. The number of hydroxylamine groups is 1. The van der Waals surface area contributed by atoms with Gasteiger partial charge in [-0.15, -0.1) is 0 Å². The first-order valence-electron chi connectivity index (χ1n) is 4.50. The fourth-order valence-corrected chi connectivity index (χ4v) is 0.773. The summed E-state index contributed by atoms with van der Waals surface area (Å²) in [6.45, 7) is 4.00. The highest BCUT2D eigenvalue weighted by Crippen LogP contribution is 1.99. The Balaban J connectivity index is 0.000000791. The Hall–Kier alpha value is -1.61. The van der Waals surface area contributed by atoms with E-state index in [2.05, 4.69) is 0 Å². The van der Waals surface area contributed by atoms with Gasteiger partial charge in [0.1, 0.15) is 0 Å². The smallest absolute Gasteiger partial charge is 0.267 e. The molecule has 14 heavy (non-hydrogen) atoms. The average Bonchev–Trinajstić information content (AvgIpc) is 2.30. The number of carbonyl (C=O) groups excluding carboxylic acids is 1. The number of benzene rings is 1. The van der Waals surface area contributed by atoms with E-state index in [-0.39, 0.29) is 0 Å². The van der Waals surface area contributed by atoms with Gasteiger partial charge >= 0.3 is 0 Å². The van der Waals surface area contributed by atoms with Crippen molar-refractivity contribution in [2.45, 2.75) is 13.8 Å². The van der Waals surface area contributed by atoms with E-state index in [0.717, 1.165) is 5.56 Å². The molecule has 3 nitrogen and oxygen atoms in total. The molecule has 0 unspecified atom stereocenters. The molecule has 3 heteroatoms. The lowest BCUT2D eigenvalue weighted by Crippen LogP contribution is -2.14. The molecule has 0 bridgehead atoms. The maximum atomic E-state index is 10.5. The molecule has 0 heterocycles. The van der Waals surface area contributed by atoms with Gasteiger partial charge in [-0.3, -0.25) is 10.0 Å². The van der Waals surface area contributed by atoms with E-state index in [1.165, 1.54) is 11.6 Å². The summed E-state index contributed by atoms with van der Waals surface area (Å²) in [5, 5.41) is 8.16. The summed E-state index contributed by atoms with van der Waals surface area (Å²) in [6.07, 6.45) is 2.88. The second-order valence-electron chi connectivity index (χ2n) is 2.22. The van der Waals surface area contributed by atoms with E-state index >= 15 is 0 Å². The number of carbonyl (C=O) groups is 1. The summed E-state index contributed by atoms with van der Waals surface area (Å²) in [5.74, 6) is -0.529. The van der Waals surface area contributed by atoms with Crippen LogP contribution >= 0.6 is 0 Å². The van der Waals surface area contributed by atoms with Gasteiger partial charge in [0.2, 0.25) is 0 Å². The van der Waals surface area contributed by atoms with Gasteiger partial charge < -0.3 is 0 Å². The van der Waals surface area contributed by atoms with E-state index in [1.807, 2.05) is 44.2 Å². The summed E-state index contributed by atoms with van der Waals surface area (Å²) in [5.41, 5.74) is 2.43. The molecule has 0 aromatic heterocycles. The predicted molar refractivity (Wildman–Crippen MR) is 56.8 cm³/mol. The molecular weight excluding hydrogens is 178 g/mol. The van der Waals surface area contributed by atoms with Crippen LogP contribution in [0.1, 0.15) is 19.4 Å². The van der Waals surface area contributed by atoms with E-state index in [4.69, 9.17) is 5.21 Å². The van der Waals surface area contributed by atoms with Crippen LogP contribution in [0.5, 0.6) is 0 Å². The van der Waals surface area contributed by atoms with E-state index < -0.39 is 5.91 Å². The van der Waals surface area contributed by atoms with Crippen molar-refractivity contribution in [1.82, 2.24) is 5.48 Å². The average molecular weight is 193 g/mol. The first-order valence-corrected chi connectivity index (χ1v) is 4.50. The van der Waals surface area contributed by atoms with Gasteiger partial charge in [-0.25, -0.2) is 5.48 Å². The fourth-order valence-electron chi connectivity index (χ4n) is 0.773. The van der Waals surface area contributed by atoms with Gasteiger partial charge in [0.05, 0.1) is 0 Å². The molecule has 0 aliphatic heterocycles. The van der Waals surface area contributed by atoms with Crippen LogP contribution < -0.4 is 5.48 Å². The summed E-state index contributed by atoms with van der Waals surface area (Å²) < 4.78 is 0. The minimum Gasteiger partial charge on any atom is -0.288 e. The van der Waals surface area contributed by atoms with Crippen molar-refractivity contribution in [3.8, 4) is 0 Å². The molecule has 0 aliphatic rings. The number of hydrogen-bond donors (Lipinski definition) is 2. The minimum atomic E-state index is -0.529. The molecule has 0 aliphatic carbocycles. The molecule has 0 radical (unpaired) electrons. The quantitative estimate of drug-likeness (QED) is 0.430. The SMILES string of the molecule is CC.O=C(/C=C/c1ccccc1)NO. The van der Waals surface area contributed by atoms with Crippen molar-refractivity contribution in [1.29, 1.82) is 0 Å². The van der Waals surface area contributed by atoms with Crippen LogP contribution in [0.2, 0.25) is 0 Å². The van der Waals surface area contributed by atoms with E-state index in [1.54, 1.807) is 6.08 Å². The minimum absolute atomic E-state index is 0.529. The zero-order valence-electron chi connectivity index (χ0n) is 8.40. The molecule has 0 fully saturated rings. The van der Waals surface area contributed by atoms with Crippen molar-refractivity contribution in [2.24, 2.45) is 0 Å². The molecule has 0 saturated heterocycles. The molecule has 1 aromatic rings. The number of rotatable bonds is 2. The molecule has 0 spiro atoms. The van der Waals surface area contributed by atoms with Crippen molar-refractivity contribution in [3.05, 3.63) is 42.0 Å². The van der Waals surface area contributed by atoms with Crippen LogP contribution in [-0.4, -0.2) is 11.1 Å². The highest BCUT2D eigenvalue weighted by atomic mass is 16.5. The zero-order valence-corrected chi connectivity index (χ0v) is 8.40. The molecule has 0 saturated carbocycles. The molecule has 2 N–H and O–H groups in total. The van der Waals surface area contributed by atoms with Gasteiger partial charge in [-0.2, -0.15) is 0 Å². The third-order valence-electron chi connectivity index (χ3n) is 1.34. The van der Waals surface area contributed by atoms with Gasteiger partial charge in [0.25, 0.3) is 5.91 Å². The Bertz CT molecular complexity index is 281. The molecule has 1 aromatic carbocycles. The first kappa shape index (κ1) is 12.4. The molecular formula is C11H15NO2. The molecule has 0 atom stereocenters. The number of amides is 1. The Morgan fingerprint density at radius 3 is 2.36 bits per heavy atom. The fraction of sp³-hybridized carbons (Fsp3) is 0.182. The van der Waals surface area contributed by atoms with E-state index in [0.29, 0.717) is 0 Å². The van der Waals surface area contributed by atoms with Gasteiger partial charge in [-0.1, -0.05) is 44.2 Å². The van der Waals surface area contributed by atoms with E-state index in [9.17, 15) is 4.79 Å². The predicted octanol–water partition coefficient (Wildman–Crippen LogP) is 2.23. The van der Waals surface area contributed by atoms with Gasteiger partial charge in [-0.05, 0) is 11.6 Å². The summed E-state index contributed by atoms with van der Waals surface area (Å²) >= 11 is 0. The third kappa shape index (κ3) is 5.11. The largest absolute Gasteiger partial charge is 0.288 e. The zero-order chi connectivity index (χ0) is 10.8. The van der Waals surface area contributed by atoms with Crippen LogP contribution in [0.25, 0.3) is 6.08 Å². The Morgan fingerprint density at radius 2 is 1.86 bits per heavy atom. The summed E-state index contributed by atoms with van der Waals surface area (Å²) in [4.78, 5) is 10.5. The maximum absolute atomic E-state index is 10.5. The van der Waals surface area contributed by atoms with Crippen LogP contribution in [-0.2, 0) is 4.79 Å².